The standard InChI is InChI=1S/C24H39N5O2/c1-3-25-23(30)18-31-22-11-7-8-19(16-22)17-27-24(26-4-2)28-20-12-14-29(15-13-20)21-9-5-6-10-21/h7-8,11,16,20-21H,3-6,9-10,12-15,17-18H2,1-2H3,(H,25,30)(H2,26,27,28). The van der Waals surface area contributed by atoms with E-state index in [1.807, 2.05) is 31.2 Å². The first-order valence-corrected chi connectivity index (χ1v) is 11.9. The lowest BCUT2D eigenvalue weighted by Crippen LogP contribution is -2.50. The maximum Gasteiger partial charge on any atom is 0.257 e. The number of likely N-dealkylation sites (N-methyl/N-ethyl adjacent to an activating group) is 1. The molecule has 1 saturated carbocycles. The van der Waals surface area contributed by atoms with E-state index in [0.717, 1.165) is 24.1 Å². The van der Waals surface area contributed by atoms with Crippen LogP contribution in [0.25, 0.3) is 0 Å². The molecule has 1 aromatic rings. The van der Waals surface area contributed by atoms with E-state index in [1.54, 1.807) is 0 Å². The molecule has 0 unspecified atom stereocenters. The number of aliphatic imine (C=N–C) groups is 1. The summed E-state index contributed by atoms with van der Waals surface area (Å²) in [5, 5.41) is 9.75. The zero-order chi connectivity index (χ0) is 21.9. The van der Waals surface area contributed by atoms with Crippen LogP contribution in [0, 0.1) is 0 Å². The molecular formula is C24H39N5O2. The lowest BCUT2D eigenvalue weighted by molar-refractivity contribution is -0.122. The summed E-state index contributed by atoms with van der Waals surface area (Å²) in [5.74, 6) is 1.45. The SMILES string of the molecule is CCNC(=O)COc1cccc(CN=C(NCC)NC2CCN(C3CCCC3)CC2)c1. The van der Waals surface area contributed by atoms with E-state index in [1.165, 1.54) is 51.6 Å². The average Bonchev–Trinajstić information content (AvgIpc) is 3.32. The van der Waals surface area contributed by atoms with Gasteiger partial charge in [0.15, 0.2) is 12.6 Å². The number of piperidine rings is 1. The number of nitrogens with zero attached hydrogens (tertiary/aromatic N) is 2. The highest BCUT2D eigenvalue weighted by atomic mass is 16.5. The molecule has 2 fully saturated rings. The van der Waals surface area contributed by atoms with Crippen LogP contribution in [0.3, 0.4) is 0 Å². The highest BCUT2D eigenvalue weighted by Crippen LogP contribution is 2.26. The molecule has 3 rings (SSSR count). The number of ether oxygens (including phenoxy) is 1. The van der Waals surface area contributed by atoms with Gasteiger partial charge in [-0.2, -0.15) is 0 Å². The third kappa shape index (κ3) is 7.73. The molecule has 172 valence electrons. The predicted molar refractivity (Wildman–Crippen MR) is 125 cm³/mol. The maximum atomic E-state index is 11.6. The van der Waals surface area contributed by atoms with Gasteiger partial charge in [-0.1, -0.05) is 25.0 Å². The Hall–Kier alpha value is -2.28. The first-order valence-electron chi connectivity index (χ1n) is 11.9. The van der Waals surface area contributed by atoms with Gasteiger partial charge in [0.25, 0.3) is 5.91 Å². The van der Waals surface area contributed by atoms with E-state index in [4.69, 9.17) is 9.73 Å². The third-order valence-electron chi connectivity index (χ3n) is 6.12. The summed E-state index contributed by atoms with van der Waals surface area (Å²) in [7, 11) is 0. The number of benzene rings is 1. The molecule has 7 heteroatoms. The zero-order valence-electron chi connectivity index (χ0n) is 19.2. The molecule has 3 N–H and O–H groups in total. The minimum absolute atomic E-state index is 0.0321. The second kappa shape index (κ2) is 12.5. The molecule has 0 radical (unpaired) electrons. The molecule has 1 saturated heterocycles. The average molecular weight is 430 g/mol. The van der Waals surface area contributed by atoms with Gasteiger partial charge in [0.1, 0.15) is 5.75 Å². The smallest absolute Gasteiger partial charge is 0.257 e. The molecule has 0 spiro atoms. The monoisotopic (exact) mass is 429 g/mol. The predicted octanol–water partition coefficient (Wildman–Crippen LogP) is 2.66. The Balaban J connectivity index is 1.49. The highest BCUT2D eigenvalue weighted by molar-refractivity contribution is 5.80. The number of rotatable bonds is 9. The van der Waals surface area contributed by atoms with Crippen molar-refractivity contribution in [3.05, 3.63) is 29.8 Å². The van der Waals surface area contributed by atoms with Crippen LogP contribution >= 0.6 is 0 Å². The number of carbonyl (C=O) groups is 1. The number of guanidine groups is 1. The molecule has 0 aromatic heterocycles. The van der Waals surface area contributed by atoms with Crippen LogP contribution in [0.4, 0.5) is 0 Å². The fraction of sp³-hybridized carbons (Fsp3) is 0.667. The van der Waals surface area contributed by atoms with Gasteiger partial charge in [-0.15, -0.1) is 0 Å². The van der Waals surface area contributed by atoms with Gasteiger partial charge in [-0.05, 0) is 57.2 Å². The van der Waals surface area contributed by atoms with E-state index in [2.05, 4.69) is 27.8 Å². The van der Waals surface area contributed by atoms with E-state index >= 15 is 0 Å². The quantitative estimate of drug-likeness (QED) is 0.416. The Morgan fingerprint density at radius 2 is 1.84 bits per heavy atom. The molecule has 1 amide bonds. The number of carbonyl (C=O) groups excluding carboxylic acids is 1. The van der Waals surface area contributed by atoms with Crippen LogP contribution in [0.15, 0.2) is 29.3 Å². The van der Waals surface area contributed by atoms with Crippen LogP contribution in [-0.4, -0.2) is 61.6 Å². The van der Waals surface area contributed by atoms with Gasteiger partial charge in [0.05, 0.1) is 6.54 Å². The minimum atomic E-state index is -0.108. The van der Waals surface area contributed by atoms with Crippen molar-refractivity contribution in [2.24, 2.45) is 4.99 Å². The highest BCUT2D eigenvalue weighted by Gasteiger charge is 2.27. The maximum absolute atomic E-state index is 11.6. The molecule has 0 bridgehead atoms. The Kier molecular flexibility index (Phi) is 9.46. The van der Waals surface area contributed by atoms with Gasteiger partial charge in [0, 0.05) is 38.3 Å². The summed E-state index contributed by atoms with van der Waals surface area (Å²) in [6.07, 6.45) is 7.91. The van der Waals surface area contributed by atoms with Gasteiger partial charge in [-0.3, -0.25) is 4.79 Å². The Morgan fingerprint density at radius 3 is 2.55 bits per heavy atom. The molecular weight excluding hydrogens is 390 g/mol. The number of amides is 1. The van der Waals surface area contributed by atoms with Crippen molar-refractivity contribution in [2.75, 3.05) is 32.8 Å². The van der Waals surface area contributed by atoms with Crippen molar-refractivity contribution in [1.82, 2.24) is 20.9 Å². The van der Waals surface area contributed by atoms with Gasteiger partial charge in [0.2, 0.25) is 0 Å². The van der Waals surface area contributed by atoms with Crippen molar-refractivity contribution in [2.45, 2.75) is 71.0 Å². The molecule has 1 heterocycles. The molecule has 2 aliphatic rings. The van der Waals surface area contributed by atoms with Gasteiger partial charge < -0.3 is 25.6 Å². The molecule has 1 aliphatic heterocycles. The summed E-state index contributed by atoms with van der Waals surface area (Å²) < 4.78 is 5.59. The largest absolute Gasteiger partial charge is 0.484 e. The third-order valence-corrected chi connectivity index (χ3v) is 6.12. The van der Waals surface area contributed by atoms with Crippen molar-refractivity contribution in [3.63, 3.8) is 0 Å². The fourth-order valence-electron chi connectivity index (χ4n) is 4.49. The zero-order valence-corrected chi connectivity index (χ0v) is 19.2. The Morgan fingerprint density at radius 1 is 1.10 bits per heavy atom. The van der Waals surface area contributed by atoms with Crippen LogP contribution < -0.4 is 20.7 Å². The number of hydrogen-bond acceptors (Lipinski definition) is 4. The van der Waals surface area contributed by atoms with Crippen molar-refractivity contribution in [3.8, 4) is 5.75 Å². The van der Waals surface area contributed by atoms with Crippen LogP contribution in [-0.2, 0) is 11.3 Å². The normalized spacial score (nSPS) is 18.7. The van der Waals surface area contributed by atoms with Crippen molar-refractivity contribution < 1.29 is 9.53 Å². The summed E-state index contributed by atoms with van der Waals surface area (Å²) >= 11 is 0. The minimum Gasteiger partial charge on any atom is -0.484 e. The topological polar surface area (TPSA) is 78.0 Å². The Bertz CT molecular complexity index is 710. The van der Waals surface area contributed by atoms with E-state index < -0.39 is 0 Å². The van der Waals surface area contributed by atoms with Crippen molar-refractivity contribution in [1.29, 1.82) is 0 Å². The van der Waals surface area contributed by atoms with Crippen LogP contribution in [0.5, 0.6) is 5.75 Å². The molecule has 31 heavy (non-hydrogen) atoms. The summed E-state index contributed by atoms with van der Waals surface area (Å²) in [5.41, 5.74) is 1.06. The first kappa shape index (κ1) is 23.4. The van der Waals surface area contributed by atoms with Crippen LogP contribution in [0.1, 0.15) is 57.9 Å². The van der Waals surface area contributed by atoms with Crippen molar-refractivity contribution >= 4 is 11.9 Å². The van der Waals surface area contributed by atoms with E-state index in [9.17, 15) is 4.79 Å². The molecule has 7 nitrogen and oxygen atoms in total. The molecule has 0 atom stereocenters. The second-order valence-corrected chi connectivity index (χ2v) is 8.48. The summed E-state index contributed by atoms with van der Waals surface area (Å²) in [6, 6.07) is 9.09. The summed E-state index contributed by atoms with van der Waals surface area (Å²) in [6.45, 7) is 8.40. The summed E-state index contributed by atoms with van der Waals surface area (Å²) in [4.78, 5) is 19.1. The molecule has 1 aliphatic carbocycles. The number of likely N-dealkylation sites (tertiary alicyclic amines) is 1. The molecule has 1 aromatic carbocycles. The van der Waals surface area contributed by atoms with Gasteiger partial charge >= 0.3 is 0 Å². The first-order chi connectivity index (χ1) is 15.2. The van der Waals surface area contributed by atoms with E-state index in [-0.39, 0.29) is 12.5 Å². The lowest BCUT2D eigenvalue weighted by Gasteiger charge is -2.36. The second-order valence-electron chi connectivity index (χ2n) is 8.48. The fourth-order valence-corrected chi connectivity index (χ4v) is 4.49. The number of hydrogen-bond donors (Lipinski definition) is 3. The number of nitrogens with one attached hydrogen (secondary N) is 3. The van der Waals surface area contributed by atoms with Gasteiger partial charge in [-0.25, -0.2) is 4.99 Å². The van der Waals surface area contributed by atoms with Crippen LogP contribution in [0.2, 0.25) is 0 Å². The van der Waals surface area contributed by atoms with E-state index in [0.29, 0.717) is 24.9 Å². The lowest BCUT2D eigenvalue weighted by atomic mass is 10.0. The Labute approximate surface area is 187 Å².